The summed E-state index contributed by atoms with van der Waals surface area (Å²) >= 11 is 6.14. The first-order chi connectivity index (χ1) is 15.0. The lowest BCUT2D eigenvalue weighted by Crippen LogP contribution is -2.44. The van der Waals surface area contributed by atoms with Crippen molar-refractivity contribution in [3.05, 3.63) is 58.7 Å². The number of pyridine rings is 1. The fourth-order valence-corrected chi connectivity index (χ4v) is 6.06. The van der Waals surface area contributed by atoms with Crippen LogP contribution in [0.1, 0.15) is 48.8 Å². The predicted octanol–water partition coefficient (Wildman–Crippen LogP) is 4.67. The Morgan fingerprint density at radius 1 is 1.16 bits per heavy atom. The van der Waals surface area contributed by atoms with Gasteiger partial charge < -0.3 is 9.67 Å². The van der Waals surface area contributed by atoms with Crippen molar-refractivity contribution in [3.8, 4) is 0 Å². The number of aromatic nitrogens is 4. The van der Waals surface area contributed by atoms with Gasteiger partial charge in [-0.15, -0.1) is 0 Å². The SMILES string of the molecule is O=C(O)[C@H]1C2CCC(CC2)[C@@H]1n1cc(F)c2cnc(C3=CCc4ncc(Cl)cc43)nc21. The molecule has 3 saturated carbocycles. The van der Waals surface area contributed by atoms with E-state index in [1.54, 1.807) is 10.8 Å². The highest BCUT2D eigenvalue weighted by Crippen LogP contribution is 2.52. The average Bonchev–Trinajstić information content (AvgIpc) is 3.34. The highest BCUT2D eigenvalue weighted by molar-refractivity contribution is 6.30. The molecule has 3 aromatic heterocycles. The second-order valence-electron chi connectivity index (χ2n) is 8.81. The summed E-state index contributed by atoms with van der Waals surface area (Å²) < 4.78 is 16.6. The monoisotopic (exact) mass is 438 g/mol. The molecule has 3 aromatic rings. The zero-order chi connectivity index (χ0) is 21.3. The van der Waals surface area contributed by atoms with Crippen molar-refractivity contribution < 1.29 is 14.3 Å². The van der Waals surface area contributed by atoms with E-state index < -0.39 is 17.7 Å². The van der Waals surface area contributed by atoms with Crippen molar-refractivity contribution in [1.29, 1.82) is 0 Å². The van der Waals surface area contributed by atoms with Gasteiger partial charge in [-0.05, 0) is 43.6 Å². The molecule has 3 heterocycles. The summed E-state index contributed by atoms with van der Waals surface area (Å²) in [5.74, 6) is -0.916. The predicted molar refractivity (Wildman–Crippen MR) is 113 cm³/mol. The minimum absolute atomic E-state index is 0.131. The van der Waals surface area contributed by atoms with E-state index >= 15 is 0 Å². The Morgan fingerprint density at radius 3 is 2.71 bits per heavy atom. The van der Waals surface area contributed by atoms with Crippen molar-refractivity contribution in [2.45, 2.75) is 38.1 Å². The smallest absolute Gasteiger partial charge is 0.308 e. The molecule has 2 atom stereocenters. The van der Waals surface area contributed by atoms with E-state index in [0.717, 1.165) is 42.5 Å². The zero-order valence-electron chi connectivity index (χ0n) is 16.6. The number of carboxylic acids is 1. The van der Waals surface area contributed by atoms with Crippen LogP contribution in [0, 0.1) is 23.6 Å². The van der Waals surface area contributed by atoms with Gasteiger partial charge in [-0.1, -0.05) is 17.7 Å². The summed E-state index contributed by atoms with van der Waals surface area (Å²) in [7, 11) is 0. The molecule has 8 heteroatoms. The largest absolute Gasteiger partial charge is 0.481 e. The molecule has 7 rings (SSSR count). The van der Waals surface area contributed by atoms with Crippen molar-refractivity contribution in [2.24, 2.45) is 17.8 Å². The van der Waals surface area contributed by atoms with Crippen LogP contribution in [0.3, 0.4) is 0 Å². The Labute approximate surface area is 182 Å². The Hall–Kier alpha value is -2.80. The third-order valence-corrected chi connectivity index (χ3v) is 7.48. The van der Waals surface area contributed by atoms with E-state index in [0.29, 0.717) is 28.3 Å². The van der Waals surface area contributed by atoms with Gasteiger partial charge in [0, 0.05) is 36.1 Å². The fourth-order valence-electron chi connectivity index (χ4n) is 5.90. The van der Waals surface area contributed by atoms with Crippen molar-refractivity contribution >= 4 is 34.2 Å². The van der Waals surface area contributed by atoms with Crippen molar-refractivity contribution in [1.82, 2.24) is 19.5 Å². The normalized spacial score (nSPS) is 26.8. The molecule has 0 spiro atoms. The summed E-state index contributed by atoms with van der Waals surface area (Å²) in [4.78, 5) is 25.7. The third kappa shape index (κ3) is 2.82. The Morgan fingerprint density at radius 2 is 1.94 bits per heavy atom. The lowest BCUT2D eigenvalue weighted by Gasteiger charge is -2.47. The Kier molecular flexibility index (Phi) is 4.18. The molecule has 0 amide bonds. The van der Waals surface area contributed by atoms with Crippen molar-refractivity contribution in [3.63, 3.8) is 0 Å². The first-order valence-electron chi connectivity index (χ1n) is 10.6. The van der Waals surface area contributed by atoms with Crippen molar-refractivity contribution in [2.75, 3.05) is 0 Å². The number of nitrogens with zero attached hydrogens (tertiary/aromatic N) is 4. The second kappa shape index (κ2) is 6.85. The molecular formula is C23H20ClFN4O2. The van der Waals surface area contributed by atoms with Gasteiger partial charge in [0.15, 0.2) is 11.6 Å². The van der Waals surface area contributed by atoms with E-state index in [1.807, 2.05) is 12.1 Å². The molecule has 4 aliphatic rings. The van der Waals surface area contributed by atoms with Crippen LogP contribution in [0.25, 0.3) is 16.6 Å². The number of carboxylic acid groups (broad SMARTS) is 1. The number of hydrogen-bond donors (Lipinski definition) is 1. The molecule has 0 aromatic carbocycles. The number of allylic oxidation sites excluding steroid dienone is 1. The number of aliphatic carboxylic acids is 1. The van der Waals surface area contributed by atoms with Gasteiger partial charge in [0.1, 0.15) is 5.65 Å². The van der Waals surface area contributed by atoms with Gasteiger partial charge >= 0.3 is 5.97 Å². The fraction of sp³-hybridized carbons (Fsp3) is 0.391. The van der Waals surface area contributed by atoms with Crippen LogP contribution < -0.4 is 0 Å². The summed E-state index contributed by atoms with van der Waals surface area (Å²) in [6, 6.07) is 1.55. The molecule has 0 radical (unpaired) electrons. The summed E-state index contributed by atoms with van der Waals surface area (Å²) in [5.41, 5.74) is 3.06. The van der Waals surface area contributed by atoms with E-state index in [1.165, 1.54) is 12.4 Å². The molecule has 0 unspecified atom stereocenters. The van der Waals surface area contributed by atoms with Gasteiger partial charge in [0.25, 0.3) is 0 Å². The lowest BCUT2D eigenvalue weighted by atomic mass is 9.61. The maximum atomic E-state index is 14.8. The van der Waals surface area contributed by atoms with Crippen LogP contribution in [0.4, 0.5) is 4.39 Å². The molecule has 4 aliphatic carbocycles. The minimum Gasteiger partial charge on any atom is -0.481 e. The molecule has 2 bridgehead atoms. The van der Waals surface area contributed by atoms with Gasteiger partial charge in [-0.3, -0.25) is 9.78 Å². The maximum Gasteiger partial charge on any atom is 0.308 e. The van der Waals surface area contributed by atoms with Crippen LogP contribution in [0.5, 0.6) is 0 Å². The number of rotatable bonds is 3. The topological polar surface area (TPSA) is 80.9 Å². The number of halogens is 2. The minimum atomic E-state index is -0.802. The quantitative estimate of drug-likeness (QED) is 0.642. The third-order valence-electron chi connectivity index (χ3n) is 7.27. The summed E-state index contributed by atoms with van der Waals surface area (Å²) in [6.07, 6.45) is 11.0. The van der Waals surface area contributed by atoms with Crippen LogP contribution >= 0.6 is 11.6 Å². The number of fused-ring (bicyclic) bond motifs is 5. The lowest BCUT2D eigenvalue weighted by molar-refractivity contribution is -0.151. The molecule has 31 heavy (non-hydrogen) atoms. The van der Waals surface area contributed by atoms with Gasteiger partial charge in [-0.25, -0.2) is 14.4 Å². The van der Waals surface area contributed by atoms with Gasteiger partial charge in [-0.2, -0.15) is 0 Å². The number of carbonyl (C=O) groups is 1. The van der Waals surface area contributed by atoms with Gasteiger partial charge in [0.2, 0.25) is 0 Å². The first kappa shape index (κ1) is 18.9. The molecular weight excluding hydrogens is 419 g/mol. The zero-order valence-corrected chi connectivity index (χ0v) is 17.4. The maximum absolute atomic E-state index is 14.8. The van der Waals surface area contributed by atoms with Gasteiger partial charge in [0.05, 0.1) is 28.1 Å². The Bertz CT molecular complexity index is 1260. The standard InChI is InChI=1S/C23H20ClFN4O2/c24-13-7-15-14(5-6-18(15)26-8-13)21-27-9-16-17(25)10-29(22(16)28-21)20-12-3-1-11(2-4-12)19(20)23(30)31/h5,7-12,19-20H,1-4,6H2,(H,30,31)/t11?,12?,19-,20-/m0/s1. The Balaban J connectivity index is 1.49. The van der Waals surface area contributed by atoms with Crippen LogP contribution in [-0.2, 0) is 11.2 Å². The highest BCUT2D eigenvalue weighted by Gasteiger charge is 2.48. The number of hydrogen-bond acceptors (Lipinski definition) is 4. The first-order valence-corrected chi connectivity index (χ1v) is 11.0. The molecule has 158 valence electrons. The van der Waals surface area contributed by atoms with E-state index in [-0.39, 0.29) is 17.9 Å². The van der Waals surface area contributed by atoms with Crippen LogP contribution in [-0.4, -0.2) is 30.6 Å². The summed E-state index contributed by atoms with van der Waals surface area (Å²) in [6.45, 7) is 0. The molecule has 0 saturated heterocycles. The van der Waals surface area contributed by atoms with Crippen LogP contribution in [0.2, 0.25) is 5.02 Å². The molecule has 0 aliphatic heterocycles. The van der Waals surface area contributed by atoms with E-state index in [2.05, 4.69) is 9.97 Å². The second-order valence-corrected chi connectivity index (χ2v) is 9.25. The average molecular weight is 439 g/mol. The van der Waals surface area contributed by atoms with E-state index in [9.17, 15) is 14.3 Å². The van der Waals surface area contributed by atoms with E-state index in [4.69, 9.17) is 16.6 Å². The molecule has 1 N–H and O–H groups in total. The molecule has 3 fully saturated rings. The summed E-state index contributed by atoms with van der Waals surface area (Å²) in [5, 5.41) is 10.8. The highest BCUT2D eigenvalue weighted by atomic mass is 35.5. The van der Waals surface area contributed by atoms with Crippen LogP contribution in [0.15, 0.2) is 30.7 Å². The molecule has 6 nitrogen and oxygen atoms in total.